The fraction of sp³-hybridized carbons (Fsp3) is 0.618. The van der Waals surface area contributed by atoms with E-state index in [0.717, 1.165) is 135 Å². The first kappa shape index (κ1) is 77.0. The third-order valence-electron chi connectivity index (χ3n) is 13.7. The third-order valence-corrected chi connectivity index (χ3v) is 13.7. The van der Waals surface area contributed by atoms with E-state index in [1.54, 1.807) is 0 Å². The molecule has 0 saturated heterocycles. The van der Waals surface area contributed by atoms with E-state index in [-0.39, 0.29) is 37.5 Å². The zero-order chi connectivity index (χ0) is 59.2. The smallest absolute Gasteiger partial charge is 0.306 e. The minimum absolute atomic E-state index is 0.108. The zero-order valence-corrected chi connectivity index (χ0v) is 52.9. The average Bonchev–Trinajstić information content (AvgIpc) is 3.48. The van der Waals surface area contributed by atoms with Gasteiger partial charge in [0.05, 0.1) is 0 Å². The summed E-state index contributed by atoms with van der Waals surface area (Å²) in [4.78, 5) is 38.3. The topological polar surface area (TPSA) is 78.9 Å². The molecule has 0 heterocycles. The Hall–Kier alpha value is -4.97. The summed E-state index contributed by atoms with van der Waals surface area (Å²) in [6.07, 6.45) is 99.8. The molecule has 0 fully saturated rings. The molecular formula is C76H122O6. The van der Waals surface area contributed by atoms with Gasteiger partial charge in [-0.25, -0.2) is 0 Å². The number of rotatable bonds is 59. The van der Waals surface area contributed by atoms with Crippen LogP contribution >= 0.6 is 0 Å². The lowest BCUT2D eigenvalue weighted by Crippen LogP contribution is -2.30. The summed E-state index contributed by atoms with van der Waals surface area (Å²) in [5.41, 5.74) is 0. The minimum Gasteiger partial charge on any atom is -0.462 e. The standard InChI is InChI=1S/C76H122O6/c1-4-7-10-13-16-19-22-24-26-28-30-32-34-36-37-38-39-41-42-44-46-48-50-52-54-57-60-63-66-69-75(78)81-72-73(71-80-74(77)68-65-62-59-56-21-18-15-12-9-6-3)82-76(79)70-67-64-61-58-55-53-51-49-47-45-43-40-35-33-31-29-27-25-23-20-17-14-11-8-5-2/h7,10,12,15-16,19,23-26,29-32,35-37,39-41,44,46,50,52,57,60,73H,4-6,8-9,11,13-14,17-18,20-22,27-28,33-34,38,42-43,45,47-49,51,53-56,58-59,61-72H2,1-3H3/b10-7-,15-12-,19-16-,25-23-,26-24-,31-29-,32-30-,37-36-,40-35-,41-39-,46-44-,52-50-,60-57-. The molecule has 0 radical (unpaired) electrons. The van der Waals surface area contributed by atoms with Crippen molar-refractivity contribution in [1.82, 2.24) is 0 Å². The average molecular weight is 1130 g/mol. The molecule has 6 nitrogen and oxygen atoms in total. The van der Waals surface area contributed by atoms with E-state index in [9.17, 15) is 14.4 Å². The van der Waals surface area contributed by atoms with Crippen LogP contribution in [0.3, 0.4) is 0 Å². The summed E-state index contributed by atoms with van der Waals surface area (Å²) in [6, 6.07) is 0. The number of carbonyl (C=O) groups is 3. The number of carbonyl (C=O) groups excluding carboxylic acids is 3. The van der Waals surface area contributed by atoms with Crippen LogP contribution in [0.15, 0.2) is 158 Å². The van der Waals surface area contributed by atoms with Crippen LogP contribution in [0.1, 0.15) is 284 Å². The summed E-state index contributed by atoms with van der Waals surface area (Å²) >= 11 is 0. The SMILES string of the molecule is CC/C=C\C/C=C\C/C=C\C/C=C\C/C=C\C/C=C\C/C=C\C/C=C\C/C=C\CCCC(=O)OCC(COC(=O)CCCCCCC/C=C\CCC)OC(=O)CCCCCCCCCCCC/C=C\C/C=C\C/C=C\CCCCCCC. The lowest BCUT2D eigenvalue weighted by Gasteiger charge is -2.18. The molecule has 0 N–H and O–H groups in total. The molecule has 1 unspecified atom stereocenters. The highest BCUT2D eigenvalue weighted by Crippen LogP contribution is 2.15. The van der Waals surface area contributed by atoms with Gasteiger partial charge in [0.15, 0.2) is 6.10 Å². The van der Waals surface area contributed by atoms with Crippen LogP contribution < -0.4 is 0 Å². The Morgan fingerprint density at radius 3 is 0.854 bits per heavy atom. The maximum Gasteiger partial charge on any atom is 0.306 e. The van der Waals surface area contributed by atoms with Crippen molar-refractivity contribution in [3.05, 3.63) is 158 Å². The second kappa shape index (κ2) is 68.5. The Balaban J connectivity index is 4.38. The van der Waals surface area contributed by atoms with E-state index in [2.05, 4.69) is 179 Å². The van der Waals surface area contributed by atoms with E-state index in [0.29, 0.717) is 19.3 Å². The number of hydrogen-bond acceptors (Lipinski definition) is 6. The highest BCUT2D eigenvalue weighted by Gasteiger charge is 2.19. The summed E-state index contributed by atoms with van der Waals surface area (Å²) < 4.78 is 16.8. The second-order valence-corrected chi connectivity index (χ2v) is 21.6. The van der Waals surface area contributed by atoms with E-state index >= 15 is 0 Å². The number of unbranched alkanes of at least 4 members (excludes halogenated alkanes) is 22. The van der Waals surface area contributed by atoms with Crippen molar-refractivity contribution in [1.29, 1.82) is 0 Å². The second-order valence-electron chi connectivity index (χ2n) is 21.6. The molecule has 0 rings (SSSR count). The third kappa shape index (κ3) is 65.8. The van der Waals surface area contributed by atoms with Crippen LogP contribution in [0.4, 0.5) is 0 Å². The van der Waals surface area contributed by atoms with Crippen molar-refractivity contribution in [3.8, 4) is 0 Å². The number of ether oxygens (including phenoxy) is 3. The Labute approximate surface area is 505 Å². The van der Waals surface area contributed by atoms with Crippen molar-refractivity contribution in [3.63, 3.8) is 0 Å². The molecular weight excluding hydrogens is 1010 g/mol. The van der Waals surface area contributed by atoms with E-state index in [1.165, 1.54) is 103 Å². The molecule has 82 heavy (non-hydrogen) atoms. The van der Waals surface area contributed by atoms with Gasteiger partial charge in [-0.3, -0.25) is 14.4 Å². The molecule has 0 aromatic heterocycles. The van der Waals surface area contributed by atoms with Crippen LogP contribution in [-0.2, 0) is 28.6 Å². The van der Waals surface area contributed by atoms with E-state index < -0.39 is 6.10 Å². The minimum atomic E-state index is -0.815. The van der Waals surface area contributed by atoms with Crippen LogP contribution in [0.2, 0.25) is 0 Å². The monoisotopic (exact) mass is 1130 g/mol. The van der Waals surface area contributed by atoms with Gasteiger partial charge >= 0.3 is 17.9 Å². The first-order chi connectivity index (χ1) is 40.5. The van der Waals surface area contributed by atoms with Crippen molar-refractivity contribution in [2.24, 2.45) is 0 Å². The maximum atomic E-state index is 12.9. The van der Waals surface area contributed by atoms with Gasteiger partial charge in [-0.2, -0.15) is 0 Å². The van der Waals surface area contributed by atoms with Gasteiger partial charge in [-0.15, -0.1) is 0 Å². The molecule has 0 aliphatic heterocycles. The van der Waals surface area contributed by atoms with Gasteiger partial charge in [-0.1, -0.05) is 281 Å². The molecule has 0 aliphatic carbocycles. The Morgan fingerprint density at radius 2 is 0.512 bits per heavy atom. The fourth-order valence-electron chi connectivity index (χ4n) is 8.75. The highest BCUT2D eigenvalue weighted by molar-refractivity contribution is 5.71. The van der Waals surface area contributed by atoms with Gasteiger partial charge in [0.1, 0.15) is 13.2 Å². The Bertz CT molecular complexity index is 1830. The predicted octanol–water partition coefficient (Wildman–Crippen LogP) is 23.3. The van der Waals surface area contributed by atoms with Gasteiger partial charge in [0, 0.05) is 19.3 Å². The van der Waals surface area contributed by atoms with Gasteiger partial charge in [0.2, 0.25) is 0 Å². The molecule has 0 aromatic rings. The predicted molar refractivity (Wildman–Crippen MR) is 357 cm³/mol. The first-order valence-electron chi connectivity index (χ1n) is 33.5. The lowest BCUT2D eigenvalue weighted by molar-refractivity contribution is -0.167. The normalized spacial score (nSPS) is 13.2. The highest BCUT2D eigenvalue weighted by atomic mass is 16.6. The van der Waals surface area contributed by atoms with Gasteiger partial charge in [-0.05, 0) is 141 Å². The summed E-state index contributed by atoms with van der Waals surface area (Å²) in [5.74, 6) is -0.986. The largest absolute Gasteiger partial charge is 0.462 e. The molecule has 0 saturated carbocycles. The Morgan fingerprint density at radius 1 is 0.256 bits per heavy atom. The first-order valence-corrected chi connectivity index (χ1v) is 33.5. The molecule has 0 bridgehead atoms. The fourth-order valence-corrected chi connectivity index (χ4v) is 8.75. The molecule has 6 heteroatoms. The van der Waals surface area contributed by atoms with Gasteiger partial charge in [0.25, 0.3) is 0 Å². The number of hydrogen-bond donors (Lipinski definition) is 0. The van der Waals surface area contributed by atoms with Crippen LogP contribution in [0.25, 0.3) is 0 Å². The van der Waals surface area contributed by atoms with Gasteiger partial charge < -0.3 is 14.2 Å². The van der Waals surface area contributed by atoms with Crippen LogP contribution in [0.5, 0.6) is 0 Å². The van der Waals surface area contributed by atoms with Crippen LogP contribution in [0, 0.1) is 0 Å². The quantitative estimate of drug-likeness (QED) is 0.0261. The van der Waals surface area contributed by atoms with Crippen molar-refractivity contribution >= 4 is 17.9 Å². The molecule has 0 aromatic carbocycles. The molecule has 1 atom stereocenters. The number of allylic oxidation sites excluding steroid dienone is 26. The zero-order valence-electron chi connectivity index (χ0n) is 52.9. The molecule has 0 amide bonds. The molecule has 462 valence electrons. The lowest BCUT2D eigenvalue weighted by atomic mass is 10.0. The van der Waals surface area contributed by atoms with Crippen molar-refractivity contribution < 1.29 is 28.6 Å². The molecule has 0 spiro atoms. The molecule has 0 aliphatic rings. The number of esters is 3. The Kier molecular flexibility index (Phi) is 64.4. The summed E-state index contributed by atoms with van der Waals surface area (Å²) in [7, 11) is 0. The van der Waals surface area contributed by atoms with Crippen molar-refractivity contribution in [2.45, 2.75) is 290 Å². The van der Waals surface area contributed by atoms with E-state index in [4.69, 9.17) is 14.2 Å². The van der Waals surface area contributed by atoms with E-state index in [1.807, 2.05) is 0 Å². The maximum absolute atomic E-state index is 12.9. The summed E-state index contributed by atoms with van der Waals surface area (Å²) in [6.45, 7) is 6.39. The summed E-state index contributed by atoms with van der Waals surface area (Å²) in [5, 5.41) is 0. The van der Waals surface area contributed by atoms with Crippen LogP contribution in [-0.4, -0.2) is 37.2 Å². The van der Waals surface area contributed by atoms with Crippen molar-refractivity contribution in [2.75, 3.05) is 13.2 Å².